The van der Waals surface area contributed by atoms with Crippen LogP contribution in [0.3, 0.4) is 0 Å². The maximum Gasteiger partial charge on any atom is 0.184 e. The van der Waals surface area contributed by atoms with E-state index in [9.17, 15) is 0 Å². The van der Waals surface area contributed by atoms with Gasteiger partial charge in [0.2, 0.25) is 0 Å². The molecular formula is C21H26NO2+. The third-order valence-corrected chi connectivity index (χ3v) is 4.40. The van der Waals surface area contributed by atoms with Gasteiger partial charge in [0.25, 0.3) is 0 Å². The monoisotopic (exact) mass is 324 g/mol. The van der Waals surface area contributed by atoms with Crippen LogP contribution in [0.4, 0.5) is 0 Å². The lowest BCUT2D eigenvalue weighted by Crippen LogP contribution is -2.31. The van der Waals surface area contributed by atoms with E-state index in [-0.39, 0.29) is 18.5 Å². The molecule has 0 aliphatic carbocycles. The number of nitrogens with zero attached hydrogens (tertiary/aromatic N) is 1. The van der Waals surface area contributed by atoms with Crippen LogP contribution >= 0.6 is 0 Å². The predicted octanol–water partition coefficient (Wildman–Crippen LogP) is 4.28. The highest BCUT2D eigenvalue weighted by Gasteiger charge is 2.27. The Morgan fingerprint density at radius 2 is 1.62 bits per heavy atom. The Bertz CT molecular complexity index is 676. The largest absolute Gasteiger partial charge is 0.345 e. The van der Waals surface area contributed by atoms with Gasteiger partial charge in [-0.2, -0.15) is 0 Å². The van der Waals surface area contributed by atoms with Crippen LogP contribution in [-0.4, -0.2) is 12.2 Å². The minimum Gasteiger partial charge on any atom is -0.345 e. The fourth-order valence-electron chi connectivity index (χ4n) is 2.90. The molecule has 1 aromatic heterocycles. The zero-order chi connectivity index (χ0) is 16.9. The molecule has 24 heavy (non-hydrogen) atoms. The molecular weight excluding hydrogens is 298 g/mol. The molecule has 3 atom stereocenters. The summed E-state index contributed by atoms with van der Waals surface area (Å²) in [6.07, 6.45) is 10.6. The average Bonchev–Trinajstić information content (AvgIpc) is 2.61. The van der Waals surface area contributed by atoms with Gasteiger partial charge in [-0.3, -0.25) is 0 Å². The van der Waals surface area contributed by atoms with Crippen molar-refractivity contribution in [1.82, 2.24) is 0 Å². The molecule has 1 aromatic carbocycles. The molecule has 2 aromatic rings. The van der Waals surface area contributed by atoms with E-state index in [0.29, 0.717) is 0 Å². The molecule has 0 radical (unpaired) electrons. The van der Waals surface area contributed by atoms with Gasteiger partial charge in [-0.15, -0.1) is 0 Å². The molecule has 1 aliphatic heterocycles. The van der Waals surface area contributed by atoms with Gasteiger partial charge in [-0.1, -0.05) is 43.3 Å². The lowest BCUT2D eigenvalue weighted by Gasteiger charge is -2.34. The highest BCUT2D eigenvalue weighted by atomic mass is 16.7. The van der Waals surface area contributed by atoms with Crippen molar-refractivity contribution >= 4 is 12.2 Å². The third kappa shape index (κ3) is 4.31. The lowest BCUT2D eigenvalue weighted by atomic mass is 10.1. The van der Waals surface area contributed by atoms with Gasteiger partial charge in [0.1, 0.15) is 7.05 Å². The number of aryl methyl sites for hydroxylation is 1. The summed E-state index contributed by atoms with van der Waals surface area (Å²) in [7, 11) is 2.02. The second-order valence-corrected chi connectivity index (χ2v) is 6.48. The van der Waals surface area contributed by atoms with Crippen LogP contribution < -0.4 is 4.57 Å². The number of pyridine rings is 1. The van der Waals surface area contributed by atoms with E-state index in [2.05, 4.69) is 62.4 Å². The minimum absolute atomic E-state index is 0.243. The summed E-state index contributed by atoms with van der Waals surface area (Å²) in [6, 6.07) is 12.6. The lowest BCUT2D eigenvalue weighted by molar-refractivity contribution is -0.671. The van der Waals surface area contributed by atoms with Gasteiger partial charge >= 0.3 is 0 Å². The van der Waals surface area contributed by atoms with Gasteiger partial charge in [-0.05, 0) is 30.9 Å². The number of ether oxygens (including phenoxy) is 2. The molecule has 3 heteroatoms. The van der Waals surface area contributed by atoms with Crippen molar-refractivity contribution in [2.45, 2.75) is 45.2 Å². The number of benzene rings is 1. The summed E-state index contributed by atoms with van der Waals surface area (Å²) in [4.78, 5) is 0. The molecule has 0 amide bonds. The van der Waals surface area contributed by atoms with E-state index in [0.717, 1.165) is 18.4 Å². The molecule has 0 saturated carbocycles. The summed E-state index contributed by atoms with van der Waals surface area (Å²) in [5, 5.41) is 0. The van der Waals surface area contributed by atoms with E-state index in [4.69, 9.17) is 9.47 Å². The van der Waals surface area contributed by atoms with Crippen molar-refractivity contribution in [3.63, 3.8) is 0 Å². The van der Waals surface area contributed by atoms with E-state index in [1.165, 1.54) is 11.1 Å². The van der Waals surface area contributed by atoms with Crippen LogP contribution in [-0.2, 0) is 16.5 Å². The van der Waals surface area contributed by atoms with Crippen LogP contribution in [0.15, 0.2) is 48.8 Å². The molecule has 3 nitrogen and oxygen atoms in total. The zero-order valence-electron chi connectivity index (χ0n) is 14.7. The molecule has 1 fully saturated rings. The molecule has 3 unspecified atom stereocenters. The SMILES string of the molecule is CCC1CC(C)OC(c2ccc(/C=C/c3cc[n+](C)cc3)cc2)O1. The number of hydrogen-bond acceptors (Lipinski definition) is 2. The van der Waals surface area contributed by atoms with Crippen LogP contribution in [0.25, 0.3) is 12.2 Å². The summed E-state index contributed by atoms with van der Waals surface area (Å²) in [5.74, 6) is 0. The topological polar surface area (TPSA) is 22.3 Å². The summed E-state index contributed by atoms with van der Waals surface area (Å²) in [6.45, 7) is 4.28. The fraction of sp³-hybridized carbons (Fsp3) is 0.381. The van der Waals surface area contributed by atoms with Gasteiger partial charge in [0.05, 0.1) is 12.2 Å². The average molecular weight is 324 g/mol. The summed E-state index contributed by atoms with van der Waals surface area (Å²) in [5.41, 5.74) is 3.45. The number of rotatable bonds is 4. The molecule has 3 rings (SSSR count). The van der Waals surface area contributed by atoms with Gasteiger partial charge in [0.15, 0.2) is 18.7 Å². The van der Waals surface area contributed by atoms with Crippen molar-refractivity contribution in [1.29, 1.82) is 0 Å². The summed E-state index contributed by atoms with van der Waals surface area (Å²) < 4.78 is 14.0. The van der Waals surface area contributed by atoms with Crippen molar-refractivity contribution in [3.8, 4) is 0 Å². The van der Waals surface area contributed by atoms with E-state index in [1.54, 1.807) is 0 Å². The van der Waals surface area contributed by atoms with Crippen LogP contribution in [0.2, 0.25) is 0 Å². The molecule has 1 aliphatic rings. The fourth-order valence-corrected chi connectivity index (χ4v) is 2.90. The van der Waals surface area contributed by atoms with Gasteiger partial charge < -0.3 is 9.47 Å². The van der Waals surface area contributed by atoms with Crippen molar-refractivity contribution in [3.05, 3.63) is 65.5 Å². The molecule has 0 N–H and O–H groups in total. The zero-order valence-corrected chi connectivity index (χ0v) is 14.7. The smallest absolute Gasteiger partial charge is 0.184 e. The van der Waals surface area contributed by atoms with Crippen molar-refractivity contribution in [2.24, 2.45) is 7.05 Å². The maximum atomic E-state index is 6.03. The Labute approximate surface area is 144 Å². The minimum atomic E-state index is -0.245. The highest BCUT2D eigenvalue weighted by Crippen LogP contribution is 2.31. The Kier molecular flexibility index (Phi) is 5.44. The quantitative estimate of drug-likeness (QED) is 0.783. The van der Waals surface area contributed by atoms with E-state index < -0.39 is 0 Å². The second kappa shape index (κ2) is 7.73. The summed E-state index contributed by atoms with van der Waals surface area (Å²) >= 11 is 0. The Hall–Kier alpha value is -1.97. The number of hydrogen-bond donors (Lipinski definition) is 0. The third-order valence-electron chi connectivity index (χ3n) is 4.40. The maximum absolute atomic E-state index is 6.03. The van der Waals surface area contributed by atoms with Crippen molar-refractivity contribution < 1.29 is 14.0 Å². The van der Waals surface area contributed by atoms with Crippen LogP contribution in [0.5, 0.6) is 0 Å². The van der Waals surface area contributed by atoms with E-state index in [1.807, 2.05) is 24.0 Å². The molecule has 0 spiro atoms. The van der Waals surface area contributed by atoms with Crippen LogP contribution in [0, 0.1) is 0 Å². The Balaban J connectivity index is 1.67. The van der Waals surface area contributed by atoms with E-state index >= 15 is 0 Å². The Morgan fingerprint density at radius 1 is 1.00 bits per heavy atom. The molecule has 2 heterocycles. The molecule has 1 saturated heterocycles. The molecule has 126 valence electrons. The van der Waals surface area contributed by atoms with Crippen LogP contribution in [0.1, 0.15) is 49.7 Å². The van der Waals surface area contributed by atoms with Gasteiger partial charge in [-0.25, -0.2) is 4.57 Å². The first-order valence-electron chi connectivity index (χ1n) is 8.68. The molecule has 0 bridgehead atoms. The first-order valence-corrected chi connectivity index (χ1v) is 8.68. The number of aromatic nitrogens is 1. The van der Waals surface area contributed by atoms with Crippen molar-refractivity contribution in [2.75, 3.05) is 0 Å². The Morgan fingerprint density at radius 3 is 2.25 bits per heavy atom. The predicted molar refractivity (Wildman–Crippen MR) is 96.1 cm³/mol. The standard InChI is InChI=1S/C21H26NO2/c1-4-20-15-16(2)23-21(24-20)19-9-7-17(8-10-19)5-6-18-11-13-22(3)14-12-18/h5-14,16,20-21H,4,15H2,1-3H3/q+1/b6-5+. The second-order valence-electron chi connectivity index (χ2n) is 6.48. The van der Waals surface area contributed by atoms with Gasteiger partial charge in [0, 0.05) is 17.7 Å². The normalized spacial score (nSPS) is 24.4. The highest BCUT2D eigenvalue weighted by molar-refractivity contribution is 5.69. The first-order chi connectivity index (χ1) is 11.6. The first kappa shape index (κ1) is 16.9.